The van der Waals surface area contributed by atoms with Gasteiger partial charge < -0.3 is 0 Å². The van der Waals surface area contributed by atoms with Crippen LogP contribution in [-0.4, -0.2) is 6.04 Å². The van der Waals surface area contributed by atoms with E-state index < -0.39 is 0 Å². The zero-order valence-electron chi connectivity index (χ0n) is 6.22. The fourth-order valence-electron chi connectivity index (χ4n) is 0.740. The molecule has 0 rings (SSSR count). The van der Waals surface area contributed by atoms with Crippen LogP contribution < -0.4 is 11.3 Å². The molecule has 0 spiro atoms. The monoisotopic (exact) mass is 128 g/mol. The first-order chi connectivity index (χ1) is 4.20. The Hall–Kier alpha value is -0.340. The minimum absolute atomic E-state index is 0.269. The van der Waals surface area contributed by atoms with E-state index in [2.05, 4.69) is 25.9 Å². The van der Waals surface area contributed by atoms with Gasteiger partial charge >= 0.3 is 0 Å². The van der Waals surface area contributed by atoms with Gasteiger partial charge in [-0.2, -0.15) is 0 Å². The molecule has 0 aliphatic carbocycles. The van der Waals surface area contributed by atoms with Gasteiger partial charge in [0, 0.05) is 6.04 Å². The molecule has 1 unspecified atom stereocenters. The van der Waals surface area contributed by atoms with Crippen molar-refractivity contribution in [3.8, 4) is 0 Å². The van der Waals surface area contributed by atoms with Crippen molar-refractivity contribution in [1.82, 2.24) is 5.43 Å². The second kappa shape index (κ2) is 4.53. The molecule has 0 saturated heterocycles. The second-order valence-electron chi connectivity index (χ2n) is 2.64. The molecule has 0 aromatic carbocycles. The van der Waals surface area contributed by atoms with Crippen molar-refractivity contribution < 1.29 is 0 Å². The molecule has 0 fully saturated rings. The fourth-order valence-corrected chi connectivity index (χ4v) is 0.740. The molecule has 0 aliphatic rings. The van der Waals surface area contributed by atoms with Crippen LogP contribution in [0.5, 0.6) is 0 Å². The average molecular weight is 128 g/mol. The lowest BCUT2D eigenvalue weighted by molar-refractivity contribution is 0.482. The molecule has 9 heavy (non-hydrogen) atoms. The molecule has 0 aromatic rings. The van der Waals surface area contributed by atoms with Crippen molar-refractivity contribution >= 4 is 0 Å². The number of rotatable bonds is 4. The molecular weight excluding hydrogens is 112 g/mol. The Bertz CT molecular complexity index is 79.0. The third kappa shape index (κ3) is 4.18. The van der Waals surface area contributed by atoms with Crippen LogP contribution in [0.2, 0.25) is 0 Å². The lowest BCUT2D eigenvalue weighted by Gasteiger charge is -2.12. The molecule has 0 radical (unpaired) electrons. The van der Waals surface area contributed by atoms with E-state index in [1.807, 2.05) is 6.08 Å². The number of hydrogen-bond acceptors (Lipinski definition) is 2. The Morgan fingerprint density at radius 1 is 1.67 bits per heavy atom. The van der Waals surface area contributed by atoms with Gasteiger partial charge in [-0.25, -0.2) is 0 Å². The summed E-state index contributed by atoms with van der Waals surface area (Å²) in [6.07, 6.45) is 2.89. The van der Waals surface area contributed by atoms with Gasteiger partial charge in [-0.15, -0.1) is 6.58 Å². The summed E-state index contributed by atoms with van der Waals surface area (Å²) < 4.78 is 0. The topological polar surface area (TPSA) is 38.0 Å². The van der Waals surface area contributed by atoms with Gasteiger partial charge in [-0.1, -0.05) is 19.9 Å². The summed E-state index contributed by atoms with van der Waals surface area (Å²) in [5.74, 6) is 5.88. The Labute approximate surface area is 57.1 Å². The Balaban J connectivity index is 3.42. The van der Waals surface area contributed by atoms with Crippen LogP contribution in [0.25, 0.3) is 0 Å². The maximum atomic E-state index is 5.21. The van der Waals surface area contributed by atoms with E-state index in [1.54, 1.807) is 0 Å². The van der Waals surface area contributed by atoms with E-state index in [4.69, 9.17) is 5.84 Å². The number of nitrogens with two attached hydrogens (primary N) is 1. The average Bonchev–Trinajstić information content (AvgIpc) is 1.82. The highest BCUT2D eigenvalue weighted by molar-refractivity contribution is 4.84. The molecule has 2 heteroatoms. The summed E-state index contributed by atoms with van der Waals surface area (Å²) in [5, 5.41) is 0. The van der Waals surface area contributed by atoms with E-state index in [9.17, 15) is 0 Å². The summed E-state index contributed by atoms with van der Waals surface area (Å²) >= 11 is 0. The summed E-state index contributed by atoms with van der Waals surface area (Å²) in [4.78, 5) is 0. The van der Waals surface area contributed by atoms with E-state index in [0.29, 0.717) is 5.92 Å². The largest absolute Gasteiger partial charge is 0.271 e. The van der Waals surface area contributed by atoms with E-state index >= 15 is 0 Å². The van der Waals surface area contributed by atoms with Crippen LogP contribution in [0.4, 0.5) is 0 Å². The van der Waals surface area contributed by atoms with Crippen LogP contribution >= 0.6 is 0 Å². The van der Waals surface area contributed by atoms with Crippen LogP contribution in [0.3, 0.4) is 0 Å². The van der Waals surface area contributed by atoms with Crippen molar-refractivity contribution in [1.29, 1.82) is 0 Å². The molecule has 1 atom stereocenters. The van der Waals surface area contributed by atoms with Crippen molar-refractivity contribution in [2.75, 3.05) is 0 Å². The fraction of sp³-hybridized carbons (Fsp3) is 0.714. The normalized spacial score (nSPS) is 13.8. The summed E-state index contributed by atoms with van der Waals surface area (Å²) in [6, 6.07) is 0.269. The Morgan fingerprint density at radius 3 is 2.33 bits per heavy atom. The number of nitrogens with one attached hydrogen (secondary N) is 1. The first kappa shape index (κ1) is 8.66. The molecule has 0 saturated carbocycles. The minimum atomic E-state index is 0.269. The van der Waals surface area contributed by atoms with Gasteiger partial charge in [0.05, 0.1) is 0 Å². The molecule has 0 amide bonds. The lowest BCUT2D eigenvalue weighted by atomic mass is 10.0. The van der Waals surface area contributed by atoms with E-state index in [0.717, 1.165) is 6.42 Å². The second-order valence-corrected chi connectivity index (χ2v) is 2.64. The van der Waals surface area contributed by atoms with Crippen LogP contribution in [0.1, 0.15) is 20.3 Å². The minimum Gasteiger partial charge on any atom is -0.271 e. The van der Waals surface area contributed by atoms with Gasteiger partial charge in [-0.05, 0) is 12.3 Å². The zero-order chi connectivity index (χ0) is 7.28. The molecule has 0 aromatic heterocycles. The standard InChI is InChI=1S/C7H16N2/c1-4-7(9-8)5-6(2)3/h4,6-7,9H,1,5,8H2,2-3H3. The summed E-state index contributed by atoms with van der Waals surface area (Å²) in [6.45, 7) is 7.96. The first-order valence-corrected chi connectivity index (χ1v) is 3.29. The maximum Gasteiger partial charge on any atom is 0.0390 e. The molecule has 3 N–H and O–H groups in total. The SMILES string of the molecule is C=CC(CC(C)C)NN. The van der Waals surface area contributed by atoms with Crippen molar-refractivity contribution in [3.05, 3.63) is 12.7 Å². The molecule has 0 bridgehead atoms. The highest BCUT2D eigenvalue weighted by atomic mass is 15.2. The van der Waals surface area contributed by atoms with Crippen molar-refractivity contribution in [3.63, 3.8) is 0 Å². The highest BCUT2D eigenvalue weighted by Gasteiger charge is 2.02. The smallest absolute Gasteiger partial charge is 0.0390 e. The van der Waals surface area contributed by atoms with Gasteiger partial charge in [0.2, 0.25) is 0 Å². The third-order valence-electron chi connectivity index (χ3n) is 1.22. The number of hydrogen-bond donors (Lipinski definition) is 2. The van der Waals surface area contributed by atoms with Crippen LogP contribution in [-0.2, 0) is 0 Å². The first-order valence-electron chi connectivity index (χ1n) is 3.29. The third-order valence-corrected chi connectivity index (χ3v) is 1.22. The molecular formula is C7H16N2. The van der Waals surface area contributed by atoms with Crippen molar-refractivity contribution in [2.45, 2.75) is 26.3 Å². The van der Waals surface area contributed by atoms with Crippen LogP contribution in [0.15, 0.2) is 12.7 Å². The Kier molecular flexibility index (Phi) is 4.36. The van der Waals surface area contributed by atoms with Gasteiger partial charge in [-0.3, -0.25) is 11.3 Å². The maximum absolute atomic E-state index is 5.21. The molecule has 0 aliphatic heterocycles. The predicted octanol–water partition coefficient (Wildman–Crippen LogP) is 1.05. The van der Waals surface area contributed by atoms with Gasteiger partial charge in [0.1, 0.15) is 0 Å². The summed E-state index contributed by atoms with van der Waals surface area (Å²) in [5.41, 5.74) is 2.66. The number of hydrazine groups is 1. The van der Waals surface area contributed by atoms with E-state index in [-0.39, 0.29) is 6.04 Å². The van der Waals surface area contributed by atoms with Crippen LogP contribution in [0, 0.1) is 5.92 Å². The zero-order valence-corrected chi connectivity index (χ0v) is 6.22. The molecule has 2 nitrogen and oxygen atoms in total. The molecule has 0 heterocycles. The highest BCUT2D eigenvalue weighted by Crippen LogP contribution is 2.03. The van der Waals surface area contributed by atoms with E-state index in [1.165, 1.54) is 0 Å². The predicted molar refractivity (Wildman–Crippen MR) is 40.8 cm³/mol. The lowest BCUT2D eigenvalue weighted by Crippen LogP contribution is -2.34. The van der Waals surface area contributed by atoms with Gasteiger partial charge in [0.15, 0.2) is 0 Å². The van der Waals surface area contributed by atoms with Crippen molar-refractivity contribution in [2.24, 2.45) is 11.8 Å². The summed E-state index contributed by atoms with van der Waals surface area (Å²) in [7, 11) is 0. The Morgan fingerprint density at radius 2 is 2.22 bits per heavy atom. The molecule has 54 valence electrons. The van der Waals surface area contributed by atoms with Gasteiger partial charge in [0.25, 0.3) is 0 Å². The quantitative estimate of drug-likeness (QED) is 0.337.